The minimum Gasteiger partial charge on any atom is -0.399 e. The highest BCUT2D eigenvalue weighted by molar-refractivity contribution is 7.98. The number of halogens is 2. The molecule has 0 amide bonds. The van der Waals surface area contributed by atoms with Gasteiger partial charge in [0, 0.05) is 27.3 Å². The average molecular weight is 319 g/mol. The van der Waals surface area contributed by atoms with Gasteiger partial charge >= 0.3 is 0 Å². The van der Waals surface area contributed by atoms with Gasteiger partial charge in [-0.1, -0.05) is 29.8 Å². The van der Waals surface area contributed by atoms with Crippen LogP contribution in [0.25, 0.3) is 10.9 Å². The van der Waals surface area contributed by atoms with E-state index in [0.717, 1.165) is 16.5 Å². The van der Waals surface area contributed by atoms with E-state index in [9.17, 15) is 4.39 Å². The van der Waals surface area contributed by atoms with E-state index in [4.69, 9.17) is 17.3 Å². The van der Waals surface area contributed by atoms with Gasteiger partial charge in [0.15, 0.2) is 0 Å². The summed E-state index contributed by atoms with van der Waals surface area (Å²) in [7, 11) is 0. The molecule has 0 fully saturated rings. The summed E-state index contributed by atoms with van der Waals surface area (Å²) >= 11 is 7.57. The molecule has 2 aromatic carbocycles. The Hall–Kier alpha value is -1.78. The SMILES string of the molecule is Nc1ccc(SCc2cc3ccccc3nc2Cl)c(F)c1. The standard InChI is InChI=1S/C16H12ClFN2S/c17-16-11(7-10-3-1-2-4-14(10)20-16)9-21-15-6-5-12(19)8-13(15)18/h1-8H,9,19H2. The average Bonchev–Trinajstić information content (AvgIpc) is 2.46. The maximum atomic E-state index is 13.8. The van der Waals surface area contributed by atoms with Crippen LogP contribution in [-0.4, -0.2) is 4.98 Å². The number of anilines is 1. The zero-order valence-electron chi connectivity index (χ0n) is 11.0. The fraction of sp³-hybridized carbons (Fsp3) is 0.0625. The Balaban J connectivity index is 1.86. The molecule has 0 bridgehead atoms. The first-order valence-electron chi connectivity index (χ1n) is 6.35. The normalized spacial score (nSPS) is 11.0. The van der Waals surface area contributed by atoms with E-state index in [-0.39, 0.29) is 5.82 Å². The molecule has 2 nitrogen and oxygen atoms in total. The number of rotatable bonds is 3. The first-order valence-corrected chi connectivity index (χ1v) is 7.72. The second-order valence-electron chi connectivity index (χ2n) is 4.61. The maximum absolute atomic E-state index is 13.8. The number of aromatic nitrogens is 1. The Morgan fingerprint density at radius 1 is 1.14 bits per heavy atom. The molecule has 0 aliphatic carbocycles. The molecule has 0 saturated carbocycles. The summed E-state index contributed by atoms with van der Waals surface area (Å²) in [6, 6.07) is 14.4. The molecule has 0 saturated heterocycles. The van der Waals surface area contributed by atoms with Crippen LogP contribution in [0.15, 0.2) is 53.4 Å². The lowest BCUT2D eigenvalue weighted by atomic mass is 10.2. The largest absolute Gasteiger partial charge is 0.399 e. The Labute approximate surface area is 131 Å². The summed E-state index contributed by atoms with van der Waals surface area (Å²) in [6.07, 6.45) is 0. The second-order valence-corrected chi connectivity index (χ2v) is 5.98. The molecule has 1 heterocycles. The van der Waals surface area contributed by atoms with Crippen LogP contribution in [0.1, 0.15) is 5.56 Å². The predicted molar refractivity (Wildman–Crippen MR) is 87.1 cm³/mol. The monoisotopic (exact) mass is 318 g/mol. The Bertz CT molecular complexity index is 807. The van der Waals surface area contributed by atoms with Gasteiger partial charge < -0.3 is 5.73 Å². The minimum absolute atomic E-state index is 0.315. The first-order chi connectivity index (χ1) is 10.1. The number of nitrogen functional groups attached to an aromatic ring is 1. The lowest BCUT2D eigenvalue weighted by molar-refractivity contribution is 0.603. The van der Waals surface area contributed by atoms with Crippen molar-refractivity contribution in [2.75, 3.05) is 5.73 Å². The second kappa shape index (κ2) is 5.92. The first kappa shape index (κ1) is 14.2. The number of fused-ring (bicyclic) bond motifs is 1. The molecular weight excluding hydrogens is 307 g/mol. The summed E-state index contributed by atoms with van der Waals surface area (Å²) in [5.74, 6) is 0.238. The van der Waals surface area contributed by atoms with Gasteiger partial charge in [0.25, 0.3) is 0 Å². The number of pyridine rings is 1. The molecule has 3 aromatic rings. The van der Waals surface area contributed by atoms with E-state index in [2.05, 4.69) is 4.98 Å². The summed E-state index contributed by atoms with van der Waals surface area (Å²) in [6.45, 7) is 0. The van der Waals surface area contributed by atoms with Crippen molar-refractivity contribution in [1.82, 2.24) is 4.98 Å². The third kappa shape index (κ3) is 3.12. The minimum atomic E-state index is -0.315. The van der Waals surface area contributed by atoms with Crippen molar-refractivity contribution >= 4 is 40.0 Å². The van der Waals surface area contributed by atoms with Gasteiger partial charge in [0.2, 0.25) is 0 Å². The van der Waals surface area contributed by atoms with Crippen molar-refractivity contribution in [2.45, 2.75) is 10.6 Å². The zero-order chi connectivity index (χ0) is 14.8. The molecule has 21 heavy (non-hydrogen) atoms. The molecule has 0 aliphatic heterocycles. The van der Waals surface area contributed by atoms with Crippen LogP contribution in [-0.2, 0) is 5.75 Å². The van der Waals surface area contributed by atoms with Crippen molar-refractivity contribution < 1.29 is 4.39 Å². The Kier molecular flexibility index (Phi) is 3.99. The number of hydrogen-bond donors (Lipinski definition) is 1. The lowest BCUT2D eigenvalue weighted by Gasteiger charge is -2.07. The van der Waals surface area contributed by atoms with Gasteiger partial charge in [-0.15, -0.1) is 11.8 Å². The van der Waals surface area contributed by atoms with Crippen molar-refractivity contribution in [1.29, 1.82) is 0 Å². The van der Waals surface area contributed by atoms with Crippen LogP contribution < -0.4 is 5.73 Å². The van der Waals surface area contributed by atoms with Crippen molar-refractivity contribution in [3.05, 3.63) is 65.1 Å². The number of thioether (sulfide) groups is 1. The number of benzene rings is 2. The summed E-state index contributed by atoms with van der Waals surface area (Å²) in [5, 5.41) is 1.48. The Morgan fingerprint density at radius 2 is 1.95 bits per heavy atom. The number of nitrogens with zero attached hydrogens (tertiary/aromatic N) is 1. The molecule has 0 spiro atoms. The van der Waals surface area contributed by atoms with Gasteiger partial charge in [0.1, 0.15) is 11.0 Å². The highest BCUT2D eigenvalue weighted by Crippen LogP contribution is 2.30. The summed E-state index contributed by atoms with van der Waals surface area (Å²) in [5.41, 5.74) is 7.70. The zero-order valence-corrected chi connectivity index (χ0v) is 12.6. The molecule has 5 heteroatoms. The lowest BCUT2D eigenvalue weighted by Crippen LogP contribution is -1.91. The van der Waals surface area contributed by atoms with E-state index in [1.807, 2.05) is 30.3 Å². The number of hydrogen-bond acceptors (Lipinski definition) is 3. The highest BCUT2D eigenvalue weighted by atomic mass is 35.5. The third-order valence-electron chi connectivity index (χ3n) is 3.09. The van der Waals surface area contributed by atoms with Crippen molar-refractivity contribution in [2.24, 2.45) is 0 Å². The van der Waals surface area contributed by atoms with Crippen LogP contribution in [0.5, 0.6) is 0 Å². The van der Waals surface area contributed by atoms with Gasteiger partial charge in [-0.05, 0) is 30.3 Å². The van der Waals surface area contributed by atoms with Crippen LogP contribution >= 0.6 is 23.4 Å². The van der Waals surface area contributed by atoms with Gasteiger partial charge in [-0.3, -0.25) is 0 Å². The van der Waals surface area contributed by atoms with E-state index in [1.54, 1.807) is 12.1 Å². The predicted octanol–water partition coefficient (Wildman–Crippen LogP) is 4.90. The van der Waals surface area contributed by atoms with Crippen molar-refractivity contribution in [3.8, 4) is 0 Å². The molecule has 0 aliphatic rings. The Morgan fingerprint density at radius 3 is 2.76 bits per heavy atom. The number of nitrogens with two attached hydrogens (primary N) is 1. The smallest absolute Gasteiger partial charge is 0.138 e. The van der Waals surface area contributed by atoms with E-state index >= 15 is 0 Å². The molecule has 0 unspecified atom stereocenters. The molecular formula is C16H12ClFN2S. The summed E-state index contributed by atoms with van der Waals surface area (Å²) < 4.78 is 13.8. The van der Waals surface area contributed by atoms with Gasteiger partial charge in [-0.25, -0.2) is 9.37 Å². The van der Waals surface area contributed by atoms with Crippen LogP contribution in [0.4, 0.5) is 10.1 Å². The topological polar surface area (TPSA) is 38.9 Å². The highest BCUT2D eigenvalue weighted by Gasteiger charge is 2.08. The molecule has 0 atom stereocenters. The fourth-order valence-corrected chi connectivity index (χ4v) is 3.21. The van der Waals surface area contributed by atoms with E-state index in [1.165, 1.54) is 17.8 Å². The molecule has 1 aromatic heterocycles. The molecule has 0 radical (unpaired) electrons. The fourth-order valence-electron chi connectivity index (χ4n) is 2.03. The molecule has 3 rings (SSSR count). The van der Waals surface area contributed by atoms with Gasteiger partial charge in [0.05, 0.1) is 5.52 Å². The quantitative estimate of drug-likeness (QED) is 0.424. The van der Waals surface area contributed by atoms with E-state index in [0.29, 0.717) is 21.5 Å². The molecule has 106 valence electrons. The third-order valence-corrected chi connectivity index (χ3v) is 4.51. The van der Waals surface area contributed by atoms with Gasteiger partial charge in [-0.2, -0.15) is 0 Å². The molecule has 2 N–H and O–H groups in total. The van der Waals surface area contributed by atoms with Crippen LogP contribution in [0, 0.1) is 5.82 Å². The number of para-hydroxylation sites is 1. The van der Waals surface area contributed by atoms with E-state index < -0.39 is 0 Å². The van der Waals surface area contributed by atoms with Crippen molar-refractivity contribution in [3.63, 3.8) is 0 Å². The van der Waals surface area contributed by atoms with Crippen LogP contribution in [0.2, 0.25) is 5.15 Å². The van der Waals surface area contributed by atoms with Crippen LogP contribution in [0.3, 0.4) is 0 Å². The maximum Gasteiger partial charge on any atom is 0.138 e. The summed E-state index contributed by atoms with van der Waals surface area (Å²) in [4.78, 5) is 4.91.